The third-order valence-corrected chi connectivity index (χ3v) is 3.00. The van der Waals surface area contributed by atoms with Gasteiger partial charge < -0.3 is 10.0 Å². The molecule has 0 amide bonds. The maximum Gasteiger partial charge on any atom is 0.306 e. The molecule has 1 fully saturated rings. The first-order valence-corrected chi connectivity index (χ1v) is 5.65. The monoisotopic (exact) mass is 199 g/mol. The average Bonchev–Trinajstić information content (AvgIpc) is 2.01. The van der Waals surface area contributed by atoms with Gasteiger partial charge in [0.2, 0.25) is 0 Å². The summed E-state index contributed by atoms with van der Waals surface area (Å²) in [5.74, 6) is -0.689. The van der Waals surface area contributed by atoms with Crippen molar-refractivity contribution in [3.05, 3.63) is 0 Å². The van der Waals surface area contributed by atoms with Crippen molar-refractivity contribution >= 4 is 5.97 Å². The Bertz CT molecular complexity index is 182. The van der Waals surface area contributed by atoms with Crippen molar-refractivity contribution in [3.8, 4) is 0 Å². The van der Waals surface area contributed by atoms with Crippen LogP contribution in [0.2, 0.25) is 0 Å². The molecule has 3 nitrogen and oxygen atoms in total. The SMILES string of the molecule is CCCN(CCC)C1CC(C(=O)O)C1. The normalized spacial score (nSPS) is 26.2. The van der Waals surface area contributed by atoms with E-state index in [9.17, 15) is 4.79 Å². The second kappa shape index (κ2) is 5.35. The third kappa shape index (κ3) is 2.71. The largest absolute Gasteiger partial charge is 0.481 e. The fraction of sp³-hybridized carbons (Fsp3) is 0.909. The predicted octanol–water partition coefficient (Wildman–Crippen LogP) is 1.97. The van der Waals surface area contributed by atoms with Gasteiger partial charge in [0.15, 0.2) is 0 Å². The Morgan fingerprint density at radius 2 is 1.79 bits per heavy atom. The molecule has 0 heterocycles. The Hall–Kier alpha value is -0.570. The average molecular weight is 199 g/mol. The van der Waals surface area contributed by atoms with E-state index in [1.165, 1.54) is 0 Å². The van der Waals surface area contributed by atoms with E-state index < -0.39 is 5.97 Å². The first kappa shape index (κ1) is 11.5. The highest BCUT2D eigenvalue weighted by Crippen LogP contribution is 2.32. The zero-order valence-electron chi connectivity index (χ0n) is 9.20. The van der Waals surface area contributed by atoms with Crippen molar-refractivity contribution in [1.82, 2.24) is 4.90 Å². The van der Waals surface area contributed by atoms with Crippen LogP contribution in [0.1, 0.15) is 39.5 Å². The molecule has 0 unspecified atom stereocenters. The van der Waals surface area contributed by atoms with E-state index in [1.807, 2.05) is 0 Å². The van der Waals surface area contributed by atoms with Crippen LogP contribution >= 0.6 is 0 Å². The zero-order chi connectivity index (χ0) is 10.6. The molecule has 0 aromatic rings. The first-order chi connectivity index (χ1) is 6.69. The quantitative estimate of drug-likeness (QED) is 0.711. The third-order valence-electron chi connectivity index (χ3n) is 3.00. The minimum Gasteiger partial charge on any atom is -0.481 e. The Balaban J connectivity index is 2.30. The summed E-state index contributed by atoms with van der Waals surface area (Å²) in [6.07, 6.45) is 4.03. The summed E-state index contributed by atoms with van der Waals surface area (Å²) in [4.78, 5) is 13.1. The topological polar surface area (TPSA) is 40.5 Å². The summed E-state index contributed by atoms with van der Waals surface area (Å²) in [6.45, 7) is 6.59. The van der Waals surface area contributed by atoms with Gasteiger partial charge in [0.1, 0.15) is 0 Å². The van der Waals surface area contributed by atoms with Crippen LogP contribution < -0.4 is 0 Å². The van der Waals surface area contributed by atoms with Gasteiger partial charge in [-0.1, -0.05) is 13.8 Å². The lowest BCUT2D eigenvalue weighted by Gasteiger charge is -2.41. The molecule has 1 N–H and O–H groups in total. The van der Waals surface area contributed by atoms with E-state index in [1.54, 1.807) is 0 Å². The van der Waals surface area contributed by atoms with Crippen LogP contribution in [0.4, 0.5) is 0 Å². The van der Waals surface area contributed by atoms with Crippen LogP contribution in [0.3, 0.4) is 0 Å². The molecule has 0 bridgehead atoms. The number of hydrogen-bond acceptors (Lipinski definition) is 2. The Kier molecular flexibility index (Phi) is 4.39. The molecule has 1 aliphatic carbocycles. The summed E-state index contributed by atoms with van der Waals surface area (Å²) in [7, 11) is 0. The fourth-order valence-corrected chi connectivity index (χ4v) is 2.14. The molecule has 14 heavy (non-hydrogen) atoms. The zero-order valence-corrected chi connectivity index (χ0v) is 9.20. The molecule has 1 saturated carbocycles. The van der Waals surface area contributed by atoms with Gasteiger partial charge in [0, 0.05) is 6.04 Å². The van der Waals surface area contributed by atoms with Crippen molar-refractivity contribution in [3.63, 3.8) is 0 Å². The van der Waals surface area contributed by atoms with Gasteiger partial charge in [0.05, 0.1) is 5.92 Å². The van der Waals surface area contributed by atoms with Gasteiger partial charge in [-0.3, -0.25) is 4.79 Å². The van der Waals surface area contributed by atoms with Gasteiger partial charge in [-0.25, -0.2) is 0 Å². The molecule has 0 aliphatic heterocycles. The van der Waals surface area contributed by atoms with Crippen LogP contribution in [0.15, 0.2) is 0 Å². The lowest BCUT2D eigenvalue weighted by Crippen LogP contribution is -2.47. The summed E-state index contributed by atoms with van der Waals surface area (Å²) in [6, 6.07) is 0.538. The highest BCUT2D eigenvalue weighted by molar-refractivity contribution is 5.71. The van der Waals surface area contributed by atoms with E-state index >= 15 is 0 Å². The van der Waals surface area contributed by atoms with E-state index in [0.29, 0.717) is 6.04 Å². The molecular formula is C11H21NO2. The van der Waals surface area contributed by atoms with Crippen molar-refractivity contribution in [2.75, 3.05) is 13.1 Å². The van der Waals surface area contributed by atoms with Crippen LogP contribution in [0.25, 0.3) is 0 Å². The molecule has 1 aliphatic rings. The minimum atomic E-state index is -0.616. The molecule has 1 rings (SSSR count). The van der Waals surface area contributed by atoms with E-state index in [4.69, 9.17) is 5.11 Å². The van der Waals surface area contributed by atoms with Crippen molar-refractivity contribution in [1.29, 1.82) is 0 Å². The molecule has 0 radical (unpaired) electrons. The molecule has 82 valence electrons. The number of nitrogens with zero attached hydrogens (tertiary/aromatic N) is 1. The predicted molar refractivity (Wildman–Crippen MR) is 56.3 cm³/mol. The molecule has 0 saturated heterocycles. The number of carboxylic acid groups (broad SMARTS) is 1. The summed E-state index contributed by atoms with van der Waals surface area (Å²) >= 11 is 0. The number of aliphatic carboxylic acids is 1. The number of rotatable bonds is 6. The lowest BCUT2D eigenvalue weighted by atomic mass is 9.79. The van der Waals surface area contributed by atoms with E-state index in [0.717, 1.165) is 38.8 Å². The lowest BCUT2D eigenvalue weighted by molar-refractivity contribution is -0.147. The van der Waals surface area contributed by atoms with Crippen molar-refractivity contribution < 1.29 is 9.90 Å². The van der Waals surface area contributed by atoms with E-state index in [2.05, 4.69) is 18.7 Å². The Morgan fingerprint density at radius 3 is 2.14 bits per heavy atom. The number of carboxylic acids is 1. The smallest absolute Gasteiger partial charge is 0.306 e. The van der Waals surface area contributed by atoms with Gasteiger partial charge in [-0.05, 0) is 38.8 Å². The fourth-order valence-electron chi connectivity index (χ4n) is 2.14. The van der Waals surface area contributed by atoms with Gasteiger partial charge in [-0.2, -0.15) is 0 Å². The minimum absolute atomic E-state index is 0.0730. The first-order valence-electron chi connectivity index (χ1n) is 5.65. The highest BCUT2D eigenvalue weighted by atomic mass is 16.4. The Labute approximate surface area is 86.1 Å². The molecule has 0 spiro atoms. The van der Waals surface area contributed by atoms with E-state index in [-0.39, 0.29) is 5.92 Å². The maximum absolute atomic E-state index is 10.6. The summed E-state index contributed by atoms with van der Waals surface area (Å²) in [5, 5.41) is 8.77. The van der Waals surface area contributed by atoms with Crippen LogP contribution in [-0.4, -0.2) is 35.1 Å². The maximum atomic E-state index is 10.6. The second-order valence-electron chi connectivity index (χ2n) is 4.20. The molecule has 0 atom stereocenters. The van der Waals surface area contributed by atoms with Crippen molar-refractivity contribution in [2.45, 2.75) is 45.6 Å². The Morgan fingerprint density at radius 1 is 1.29 bits per heavy atom. The standard InChI is InChI=1S/C11H21NO2/c1-3-5-12(6-4-2)10-7-9(8-10)11(13)14/h9-10H,3-8H2,1-2H3,(H,13,14). The summed E-state index contributed by atoms with van der Waals surface area (Å²) in [5.41, 5.74) is 0. The summed E-state index contributed by atoms with van der Waals surface area (Å²) < 4.78 is 0. The van der Waals surface area contributed by atoms with Crippen molar-refractivity contribution in [2.24, 2.45) is 5.92 Å². The van der Waals surface area contributed by atoms with Gasteiger partial charge in [0.25, 0.3) is 0 Å². The highest BCUT2D eigenvalue weighted by Gasteiger charge is 2.37. The molecule has 3 heteroatoms. The van der Waals surface area contributed by atoms with Gasteiger partial charge >= 0.3 is 5.97 Å². The van der Waals surface area contributed by atoms with Gasteiger partial charge in [-0.15, -0.1) is 0 Å². The molecule has 0 aromatic carbocycles. The number of carbonyl (C=O) groups is 1. The molecular weight excluding hydrogens is 178 g/mol. The molecule has 0 aromatic heterocycles. The van der Waals surface area contributed by atoms with Crippen LogP contribution in [0, 0.1) is 5.92 Å². The van der Waals surface area contributed by atoms with Crippen LogP contribution in [-0.2, 0) is 4.79 Å². The number of hydrogen-bond donors (Lipinski definition) is 1. The van der Waals surface area contributed by atoms with Crippen LogP contribution in [0.5, 0.6) is 0 Å². The second-order valence-corrected chi connectivity index (χ2v) is 4.20.